The van der Waals surface area contributed by atoms with Crippen molar-refractivity contribution in [1.82, 2.24) is 20.3 Å². The topological polar surface area (TPSA) is 67.8 Å². The molecule has 1 N–H and O–H groups in total. The van der Waals surface area contributed by atoms with Crippen molar-refractivity contribution in [1.29, 1.82) is 0 Å². The highest BCUT2D eigenvalue weighted by molar-refractivity contribution is 5.92. The van der Waals surface area contributed by atoms with E-state index in [1.165, 1.54) is 6.33 Å². The lowest BCUT2D eigenvalue weighted by Crippen LogP contribution is -2.49. The Kier molecular flexibility index (Phi) is 3.96. The Morgan fingerprint density at radius 1 is 1.08 bits per heavy atom. The minimum Gasteiger partial charge on any atom is -0.345 e. The van der Waals surface area contributed by atoms with Gasteiger partial charge in [0, 0.05) is 23.3 Å². The third-order valence-electron chi connectivity index (χ3n) is 5.38. The van der Waals surface area contributed by atoms with Gasteiger partial charge in [-0.1, -0.05) is 12.0 Å². The van der Waals surface area contributed by atoms with E-state index < -0.39 is 0 Å². The molecule has 0 radical (unpaired) electrons. The molecular formula is C20H20N4O. The lowest BCUT2D eigenvalue weighted by molar-refractivity contribution is 0.0866. The molecule has 0 spiro atoms. The molecule has 0 saturated heterocycles. The van der Waals surface area contributed by atoms with E-state index in [4.69, 9.17) is 0 Å². The van der Waals surface area contributed by atoms with E-state index in [0.29, 0.717) is 5.69 Å². The average Bonchev–Trinajstić information content (AvgIpc) is 2.92. The molecule has 2 aromatic rings. The van der Waals surface area contributed by atoms with Gasteiger partial charge in [0.15, 0.2) is 0 Å². The number of aromatic nitrogens is 3. The Balaban J connectivity index is 1.52. The monoisotopic (exact) mass is 332 g/mol. The number of carbonyl (C=O) groups excluding carboxylic acids is 1. The molecular weight excluding hydrogens is 312 g/mol. The van der Waals surface area contributed by atoms with Gasteiger partial charge in [-0.05, 0) is 62.6 Å². The van der Waals surface area contributed by atoms with Crippen molar-refractivity contribution >= 4 is 5.91 Å². The predicted octanol–water partition coefficient (Wildman–Crippen LogP) is 2.75. The summed E-state index contributed by atoms with van der Waals surface area (Å²) in [6.45, 7) is 0. The van der Waals surface area contributed by atoms with Gasteiger partial charge in [0.05, 0.1) is 0 Å². The van der Waals surface area contributed by atoms with Crippen molar-refractivity contribution in [3.8, 4) is 11.8 Å². The van der Waals surface area contributed by atoms with Crippen LogP contribution in [0.25, 0.3) is 0 Å². The first-order valence-corrected chi connectivity index (χ1v) is 8.72. The zero-order valence-corrected chi connectivity index (χ0v) is 14.0. The van der Waals surface area contributed by atoms with Gasteiger partial charge in [0.25, 0.3) is 5.91 Å². The van der Waals surface area contributed by atoms with Crippen molar-refractivity contribution < 1.29 is 4.79 Å². The van der Waals surface area contributed by atoms with Gasteiger partial charge in [0.1, 0.15) is 17.7 Å². The van der Waals surface area contributed by atoms with Crippen LogP contribution in [0.4, 0.5) is 0 Å². The normalized spacial score (nSPS) is 27.2. The second kappa shape index (κ2) is 6.29. The number of rotatable bonds is 2. The second-order valence-electron chi connectivity index (χ2n) is 7.10. The van der Waals surface area contributed by atoms with Crippen LogP contribution >= 0.6 is 0 Å². The first-order chi connectivity index (χ1) is 12.2. The smallest absolute Gasteiger partial charge is 0.270 e. The number of pyridine rings is 1. The predicted molar refractivity (Wildman–Crippen MR) is 93.5 cm³/mol. The van der Waals surface area contributed by atoms with Gasteiger partial charge in [-0.3, -0.25) is 4.79 Å². The average molecular weight is 332 g/mol. The Morgan fingerprint density at radius 3 is 2.84 bits per heavy atom. The summed E-state index contributed by atoms with van der Waals surface area (Å²) >= 11 is 0. The number of nitrogens with one attached hydrogen (secondary N) is 1. The summed E-state index contributed by atoms with van der Waals surface area (Å²) in [6, 6.07) is 7.44. The number of hydrogen-bond donors (Lipinski definition) is 1. The third kappa shape index (κ3) is 3.25. The molecule has 5 heteroatoms. The number of carbonyl (C=O) groups is 1. The Hall–Kier alpha value is -2.74. The van der Waals surface area contributed by atoms with E-state index in [-0.39, 0.29) is 16.9 Å². The van der Waals surface area contributed by atoms with Crippen molar-refractivity contribution in [3.05, 3.63) is 54.4 Å². The van der Waals surface area contributed by atoms with Gasteiger partial charge in [-0.15, -0.1) is 0 Å². The first kappa shape index (κ1) is 15.8. The number of amides is 1. The zero-order chi connectivity index (χ0) is 17.2. The van der Waals surface area contributed by atoms with Crippen LogP contribution in [0.2, 0.25) is 0 Å². The first-order valence-electron chi connectivity index (χ1n) is 8.72. The van der Waals surface area contributed by atoms with E-state index in [1.54, 1.807) is 18.5 Å². The molecule has 2 aromatic heterocycles. The van der Waals surface area contributed by atoms with Crippen LogP contribution in [0.5, 0.6) is 0 Å². The third-order valence-corrected chi connectivity index (χ3v) is 5.38. The van der Waals surface area contributed by atoms with Crippen LogP contribution in [0, 0.1) is 17.3 Å². The van der Waals surface area contributed by atoms with Crippen LogP contribution in [0.15, 0.2) is 43.0 Å². The van der Waals surface area contributed by atoms with Crippen molar-refractivity contribution in [3.63, 3.8) is 0 Å². The van der Waals surface area contributed by atoms with Gasteiger partial charge < -0.3 is 5.32 Å². The molecule has 2 bridgehead atoms. The highest BCUT2D eigenvalue weighted by Gasteiger charge is 2.51. The van der Waals surface area contributed by atoms with Crippen LogP contribution in [-0.2, 0) is 0 Å². The molecule has 1 amide bonds. The van der Waals surface area contributed by atoms with E-state index in [2.05, 4.69) is 32.1 Å². The minimum absolute atomic E-state index is 0.00523. The standard InChI is InChI=1S/C20H20N4O/c25-18(17-6-13-21-15-23-17)24-20-8-3-7-19(14-20,10-11-20)9-5-16-4-1-2-12-22-16/h1-2,4,6,12-13,15H,3,7-8,10-11,14H2,(H,24,25)/t19-,20+/m1/s1. The molecule has 2 saturated carbocycles. The number of nitrogens with zero attached hydrogens (tertiary/aromatic N) is 3. The molecule has 0 aliphatic heterocycles. The number of fused-ring (bicyclic) bond motifs is 2. The van der Waals surface area contributed by atoms with Gasteiger partial charge >= 0.3 is 0 Å². The zero-order valence-electron chi connectivity index (χ0n) is 14.0. The summed E-state index contributed by atoms with van der Waals surface area (Å²) in [5, 5.41) is 3.25. The Bertz CT molecular complexity index is 827. The summed E-state index contributed by atoms with van der Waals surface area (Å²) < 4.78 is 0. The van der Waals surface area contributed by atoms with Crippen LogP contribution in [0.3, 0.4) is 0 Å². The fourth-order valence-corrected chi connectivity index (χ4v) is 4.20. The molecule has 4 rings (SSSR count). The minimum atomic E-state index is -0.154. The van der Waals surface area contributed by atoms with Crippen molar-refractivity contribution in [2.24, 2.45) is 5.41 Å². The van der Waals surface area contributed by atoms with Crippen LogP contribution < -0.4 is 5.32 Å². The van der Waals surface area contributed by atoms with E-state index >= 15 is 0 Å². The molecule has 2 heterocycles. The molecule has 0 aromatic carbocycles. The summed E-state index contributed by atoms with van der Waals surface area (Å²) in [5.74, 6) is 6.62. The highest BCUT2D eigenvalue weighted by atomic mass is 16.2. The second-order valence-corrected chi connectivity index (χ2v) is 7.10. The summed E-state index contributed by atoms with van der Waals surface area (Å²) in [6.07, 6.45) is 10.9. The fourth-order valence-electron chi connectivity index (χ4n) is 4.20. The quantitative estimate of drug-likeness (QED) is 0.859. The fraction of sp³-hybridized carbons (Fsp3) is 0.400. The highest BCUT2D eigenvalue weighted by Crippen LogP contribution is 2.53. The van der Waals surface area contributed by atoms with E-state index in [0.717, 1.165) is 44.2 Å². The molecule has 25 heavy (non-hydrogen) atoms. The van der Waals surface area contributed by atoms with Gasteiger partial charge in [0.2, 0.25) is 0 Å². The molecule has 2 fully saturated rings. The molecule has 126 valence electrons. The van der Waals surface area contributed by atoms with E-state index in [1.807, 2.05) is 18.2 Å². The summed E-state index contributed by atoms with van der Waals surface area (Å²) in [5.41, 5.74) is 1.07. The van der Waals surface area contributed by atoms with Crippen molar-refractivity contribution in [2.45, 2.75) is 44.1 Å². The molecule has 0 unspecified atom stereocenters. The van der Waals surface area contributed by atoms with Gasteiger partial charge in [-0.2, -0.15) is 0 Å². The molecule has 2 atom stereocenters. The lowest BCUT2D eigenvalue weighted by atomic mass is 9.73. The van der Waals surface area contributed by atoms with Crippen molar-refractivity contribution in [2.75, 3.05) is 0 Å². The lowest BCUT2D eigenvalue weighted by Gasteiger charge is -2.37. The SMILES string of the molecule is O=C(N[C@@]12CCC[C@@](C#Cc3ccccn3)(CC1)C2)c1ccncn1. The Labute approximate surface area is 147 Å². The van der Waals surface area contributed by atoms with Crippen LogP contribution in [-0.4, -0.2) is 26.4 Å². The molecule has 2 aliphatic carbocycles. The largest absolute Gasteiger partial charge is 0.345 e. The Morgan fingerprint density at radius 2 is 2.04 bits per heavy atom. The van der Waals surface area contributed by atoms with Gasteiger partial charge in [-0.25, -0.2) is 15.0 Å². The summed E-state index contributed by atoms with van der Waals surface area (Å²) in [4.78, 5) is 24.7. The van der Waals surface area contributed by atoms with Crippen LogP contribution in [0.1, 0.15) is 54.7 Å². The molecule has 5 nitrogen and oxygen atoms in total. The van der Waals surface area contributed by atoms with E-state index in [9.17, 15) is 4.79 Å². The summed E-state index contributed by atoms with van der Waals surface area (Å²) in [7, 11) is 0. The number of hydrogen-bond acceptors (Lipinski definition) is 4. The maximum atomic E-state index is 12.5. The maximum absolute atomic E-state index is 12.5. The molecule has 2 aliphatic rings. The maximum Gasteiger partial charge on any atom is 0.270 e.